The van der Waals surface area contributed by atoms with E-state index in [0.717, 1.165) is 0 Å². The summed E-state index contributed by atoms with van der Waals surface area (Å²) in [4.78, 5) is 30.8. The third-order valence-electron chi connectivity index (χ3n) is 0.827. The molecule has 0 atom stereocenters. The Balaban J connectivity index is -0.000000270. The normalized spacial score (nSPS) is 17.0. The van der Waals surface area contributed by atoms with Crippen LogP contribution in [0.1, 0.15) is 9.27 Å². The van der Waals surface area contributed by atoms with Crippen LogP contribution in [-0.4, -0.2) is 40.9 Å². The van der Waals surface area contributed by atoms with Gasteiger partial charge in [-0.15, -0.1) is 0 Å². The number of carbonyl (C=O) groups excluding carboxylic acids is 3. The minimum atomic E-state index is -0.740. The summed E-state index contributed by atoms with van der Waals surface area (Å²) in [6.45, 7) is 0. The Labute approximate surface area is 75.7 Å². The van der Waals surface area contributed by atoms with Crippen molar-refractivity contribution in [1.29, 1.82) is 0 Å². The molecule has 1 saturated heterocycles. The van der Waals surface area contributed by atoms with Crippen molar-refractivity contribution >= 4 is 40.9 Å². The summed E-state index contributed by atoms with van der Waals surface area (Å²) >= 11 is 0. The molecule has 0 spiro atoms. The van der Waals surface area contributed by atoms with Gasteiger partial charge < -0.3 is 2.85 Å². The summed E-state index contributed by atoms with van der Waals surface area (Å²) in [5, 5.41) is 3.80. The van der Waals surface area contributed by atoms with Crippen LogP contribution in [0.3, 0.4) is 0 Å². The van der Waals surface area contributed by atoms with Crippen molar-refractivity contribution in [2.75, 3.05) is 0 Å². The summed E-state index contributed by atoms with van der Waals surface area (Å²) in [7, 11) is 0. The Kier molecular flexibility index (Phi) is 3.30. The fourth-order valence-electron chi connectivity index (χ4n) is 0.519. The standard InChI is InChI=1S/C4H4N2O3.Mg.2H/c7-2-1-3(8)6-4(9)5-2;;;/h1H2,(H2,5,6,7,8,9);;;/q;+2;2*-1. The molecular weight excluding hydrogens is 148 g/mol. The summed E-state index contributed by atoms with van der Waals surface area (Å²) in [5.41, 5.74) is 0. The minimum absolute atomic E-state index is 0. The molecule has 52 valence electrons. The molecule has 1 aliphatic heterocycles. The van der Waals surface area contributed by atoms with Crippen molar-refractivity contribution in [2.45, 2.75) is 6.42 Å². The molecule has 0 saturated carbocycles. The molecule has 0 aromatic rings. The second-order valence-electron chi connectivity index (χ2n) is 1.60. The van der Waals surface area contributed by atoms with E-state index in [1.165, 1.54) is 0 Å². The first-order chi connectivity index (χ1) is 4.18. The largest absolute Gasteiger partial charge is 2.00 e. The third kappa shape index (κ3) is 2.32. The van der Waals surface area contributed by atoms with E-state index >= 15 is 0 Å². The van der Waals surface area contributed by atoms with Crippen molar-refractivity contribution < 1.29 is 17.2 Å². The van der Waals surface area contributed by atoms with Gasteiger partial charge in [-0.1, -0.05) is 0 Å². The number of hydrogen-bond acceptors (Lipinski definition) is 3. The monoisotopic (exact) mass is 154 g/mol. The van der Waals surface area contributed by atoms with Crippen LogP contribution in [-0.2, 0) is 9.59 Å². The maximum atomic E-state index is 10.3. The minimum Gasteiger partial charge on any atom is -1.00 e. The molecule has 1 heterocycles. The molecule has 1 fully saturated rings. The molecule has 4 amide bonds. The van der Waals surface area contributed by atoms with E-state index in [1.807, 2.05) is 10.6 Å². The van der Waals surface area contributed by atoms with Gasteiger partial charge in [-0.25, -0.2) is 4.79 Å². The number of nitrogens with one attached hydrogen (secondary N) is 2. The Morgan fingerprint density at radius 3 is 1.80 bits per heavy atom. The van der Waals surface area contributed by atoms with E-state index in [9.17, 15) is 14.4 Å². The number of carbonyl (C=O) groups is 3. The second kappa shape index (κ2) is 3.52. The van der Waals surface area contributed by atoms with E-state index in [-0.39, 0.29) is 32.3 Å². The van der Waals surface area contributed by atoms with Crippen LogP contribution in [0.15, 0.2) is 0 Å². The second-order valence-corrected chi connectivity index (χ2v) is 1.60. The van der Waals surface area contributed by atoms with E-state index in [0.29, 0.717) is 0 Å². The Morgan fingerprint density at radius 2 is 1.50 bits per heavy atom. The van der Waals surface area contributed by atoms with Gasteiger partial charge in [0, 0.05) is 0 Å². The van der Waals surface area contributed by atoms with Gasteiger partial charge in [0.05, 0.1) is 0 Å². The number of rotatable bonds is 0. The molecule has 0 aromatic carbocycles. The number of urea groups is 1. The first-order valence-electron chi connectivity index (χ1n) is 2.32. The van der Waals surface area contributed by atoms with Gasteiger partial charge in [-0.2, -0.15) is 0 Å². The van der Waals surface area contributed by atoms with Gasteiger partial charge in [0.25, 0.3) is 0 Å². The van der Waals surface area contributed by atoms with Gasteiger partial charge in [-0.05, 0) is 0 Å². The van der Waals surface area contributed by atoms with Crippen molar-refractivity contribution in [1.82, 2.24) is 10.6 Å². The van der Waals surface area contributed by atoms with E-state index < -0.39 is 17.8 Å². The SMILES string of the molecule is O=C1CC(=O)NC(=O)N1.[H-].[H-].[Mg+2]. The van der Waals surface area contributed by atoms with Crippen LogP contribution < -0.4 is 10.6 Å². The molecular formula is C4H6MgN2O3. The third-order valence-corrected chi connectivity index (χ3v) is 0.827. The maximum Gasteiger partial charge on any atom is 2.00 e. The number of amides is 4. The Hall–Kier alpha value is -0.624. The Bertz CT molecular complexity index is 153. The van der Waals surface area contributed by atoms with Crippen molar-refractivity contribution in [3.05, 3.63) is 0 Å². The zero-order valence-electron chi connectivity index (χ0n) is 7.14. The summed E-state index contributed by atoms with van der Waals surface area (Å²) < 4.78 is 0. The van der Waals surface area contributed by atoms with Crippen LogP contribution in [0.4, 0.5) is 4.79 Å². The van der Waals surface area contributed by atoms with Crippen LogP contribution in [0, 0.1) is 0 Å². The quantitative estimate of drug-likeness (QED) is 0.332. The summed E-state index contributed by atoms with van der Waals surface area (Å²) in [6, 6.07) is -0.740. The fraction of sp³-hybridized carbons (Fsp3) is 0.250. The van der Waals surface area contributed by atoms with Gasteiger partial charge in [0.1, 0.15) is 6.42 Å². The molecule has 0 unspecified atom stereocenters. The summed E-state index contributed by atoms with van der Waals surface area (Å²) in [6.07, 6.45) is -0.258. The van der Waals surface area contributed by atoms with Gasteiger partial charge >= 0.3 is 29.1 Å². The number of hydrogen-bond donors (Lipinski definition) is 2. The topological polar surface area (TPSA) is 75.3 Å². The van der Waals surface area contributed by atoms with Crippen molar-refractivity contribution in [2.24, 2.45) is 0 Å². The first-order valence-corrected chi connectivity index (χ1v) is 2.32. The van der Waals surface area contributed by atoms with Gasteiger partial charge in [0.2, 0.25) is 11.8 Å². The maximum absolute atomic E-state index is 10.3. The van der Waals surface area contributed by atoms with Crippen LogP contribution in [0.2, 0.25) is 0 Å². The predicted octanol–water partition coefficient (Wildman–Crippen LogP) is -1.41. The molecule has 0 aromatic heterocycles. The molecule has 6 heteroatoms. The molecule has 1 aliphatic rings. The average molecular weight is 154 g/mol. The zero-order valence-corrected chi connectivity index (χ0v) is 6.55. The van der Waals surface area contributed by atoms with E-state index in [1.54, 1.807) is 0 Å². The Morgan fingerprint density at radius 1 is 1.10 bits per heavy atom. The number of imide groups is 2. The van der Waals surface area contributed by atoms with Gasteiger partial charge in [-0.3, -0.25) is 20.2 Å². The molecule has 0 radical (unpaired) electrons. The predicted molar refractivity (Wildman–Crippen MR) is 34.3 cm³/mol. The van der Waals surface area contributed by atoms with Crippen LogP contribution >= 0.6 is 0 Å². The van der Waals surface area contributed by atoms with Gasteiger partial charge in [0.15, 0.2) is 0 Å². The molecule has 10 heavy (non-hydrogen) atoms. The summed E-state index contributed by atoms with van der Waals surface area (Å²) in [5.74, 6) is -1.10. The molecule has 0 aliphatic carbocycles. The molecule has 5 nitrogen and oxygen atoms in total. The van der Waals surface area contributed by atoms with E-state index in [4.69, 9.17) is 0 Å². The molecule has 2 N–H and O–H groups in total. The smallest absolute Gasteiger partial charge is 1.00 e. The molecule has 0 bridgehead atoms. The zero-order chi connectivity index (χ0) is 6.85. The van der Waals surface area contributed by atoms with Crippen LogP contribution in [0.5, 0.6) is 0 Å². The number of barbiturate groups is 1. The molecule has 1 rings (SSSR count). The van der Waals surface area contributed by atoms with E-state index in [2.05, 4.69) is 0 Å². The first kappa shape index (κ1) is 9.38. The van der Waals surface area contributed by atoms with Crippen molar-refractivity contribution in [3.63, 3.8) is 0 Å². The van der Waals surface area contributed by atoms with Crippen molar-refractivity contribution in [3.8, 4) is 0 Å². The fourth-order valence-corrected chi connectivity index (χ4v) is 0.519. The average Bonchev–Trinajstić information content (AvgIpc) is 1.59. The van der Waals surface area contributed by atoms with Crippen LogP contribution in [0.25, 0.3) is 0 Å².